The van der Waals surface area contributed by atoms with Gasteiger partial charge in [0.25, 0.3) is 0 Å². The fourth-order valence-electron chi connectivity index (χ4n) is 2.68. The lowest BCUT2D eigenvalue weighted by Crippen LogP contribution is -2.24. The van der Waals surface area contributed by atoms with Crippen molar-refractivity contribution < 1.29 is 4.79 Å². The molecule has 0 radical (unpaired) electrons. The maximum atomic E-state index is 11.2. The summed E-state index contributed by atoms with van der Waals surface area (Å²) < 4.78 is 1.66. The largest absolute Gasteiger partial charge is 0.379 e. The zero-order chi connectivity index (χ0) is 13.0. The molecule has 1 saturated carbocycles. The maximum Gasteiger partial charge on any atom is 0.241 e. The van der Waals surface area contributed by atoms with Crippen molar-refractivity contribution in [3.8, 4) is 0 Å². The molecule has 0 saturated heterocycles. The predicted molar refractivity (Wildman–Crippen MR) is 71.3 cm³/mol. The van der Waals surface area contributed by atoms with Crippen LogP contribution in [0.25, 0.3) is 0 Å². The first-order valence-electron chi connectivity index (χ1n) is 6.72. The number of likely N-dealkylation sites (N-methyl/N-ethyl adjacent to an activating group) is 1. The van der Waals surface area contributed by atoms with Crippen molar-refractivity contribution in [2.45, 2.75) is 45.2 Å². The van der Waals surface area contributed by atoms with Gasteiger partial charge >= 0.3 is 0 Å². The minimum atomic E-state index is -0.0306. The quantitative estimate of drug-likeness (QED) is 0.835. The number of aromatic nitrogens is 2. The summed E-state index contributed by atoms with van der Waals surface area (Å²) in [7, 11) is 1.63. The van der Waals surface area contributed by atoms with E-state index in [4.69, 9.17) is 0 Å². The molecule has 2 atom stereocenters. The van der Waals surface area contributed by atoms with E-state index >= 15 is 0 Å². The summed E-state index contributed by atoms with van der Waals surface area (Å²) in [5.74, 6) is 0.740. The molecule has 2 rings (SSSR count). The third-order valence-electron chi connectivity index (χ3n) is 3.75. The Morgan fingerprint density at radius 3 is 3.11 bits per heavy atom. The first kappa shape index (κ1) is 12.9. The molecule has 0 aliphatic heterocycles. The van der Waals surface area contributed by atoms with E-state index in [-0.39, 0.29) is 12.5 Å². The Hall–Kier alpha value is -1.52. The van der Waals surface area contributed by atoms with E-state index in [0.29, 0.717) is 6.04 Å². The van der Waals surface area contributed by atoms with Gasteiger partial charge in [0.2, 0.25) is 5.91 Å². The number of nitrogens with one attached hydrogen (secondary N) is 2. The molecule has 1 aromatic heterocycles. The van der Waals surface area contributed by atoms with Gasteiger partial charge in [-0.25, -0.2) is 0 Å². The highest BCUT2D eigenvalue weighted by molar-refractivity contribution is 5.75. The Morgan fingerprint density at radius 2 is 2.39 bits per heavy atom. The first-order chi connectivity index (χ1) is 8.72. The monoisotopic (exact) mass is 250 g/mol. The minimum absolute atomic E-state index is 0.0306. The van der Waals surface area contributed by atoms with E-state index in [9.17, 15) is 4.79 Å². The molecule has 5 nitrogen and oxygen atoms in total. The van der Waals surface area contributed by atoms with Gasteiger partial charge in [-0.05, 0) is 18.8 Å². The van der Waals surface area contributed by atoms with Crippen molar-refractivity contribution in [1.29, 1.82) is 0 Å². The molecule has 1 aromatic rings. The minimum Gasteiger partial charge on any atom is -0.379 e. The van der Waals surface area contributed by atoms with E-state index in [2.05, 4.69) is 22.7 Å². The van der Waals surface area contributed by atoms with E-state index in [1.807, 2.05) is 6.20 Å². The summed E-state index contributed by atoms with van der Waals surface area (Å²) >= 11 is 0. The predicted octanol–water partition coefficient (Wildman–Crippen LogP) is 1.62. The molecule has 1 aliphatic carbocycles. The Labute approximate surface area is 108 Å². The van der Waals surface area contributed by atoms with E-state index in [1.54, 1.807) is 17.9 Å². The normalized spacial score (nSPS) is 23.0. The smallest absolute Gasteiger partial charge is 0.241 e. The zero-order valence-electron chi connectivity index (χ0n) is 11.1. The molecule has 100 valence electrons. The van der Waals surface area contributed by atoms with Crippen LogP contribution in [-0.2, 0) is 11.3 Å². The van der Waals surface area contributed by atoms with Crippen molar-refractivity contribution in [2.75, 3.05) is 12.4 Å². The second kappa shape index (κ2) is 5.89. The van der Waals surface area contributed by atoms with Gasteiger partial charge in [-0.3, -0.25) is 9.48 Å². The van der Waals surface area contributed by atoms with E-state index in [1.165, 1.54) is 25.7 Å². The number of carbonyl (C=O) groups excluding carboxylic acids is 1. The lowest BCUT2D eigenvalue weighted by atomic mass is 10.0. The third-order valence-corrected chi connectivity index (χ3v) is 3.75. The fourth-order valence-corrected chi connectivity index (χ4v) is 2.68. The first-order valence-corrected chi connectivity index (χ1v) is 6.72. The van der Waals surface area contributed by atoms with Crippen molar-refractivity contribution in [2.24, 2.45) is 5.92 Å². The summed E-state index contributed by atoms with van der Waals surface area (Å²) in [6.07, 6.45) is 8.79. The van der Waals surface area contributed by atoms with Gasteiger partial charge in [-0.1, -0.05) is 19.8 Å². The average molecular weight is 250 g/mol. The van der Waals surface area contributed by atoms with Crippen LogP contribution in [0.2, 0.25) is 0 Å². The summed E-state index contributed by atoms with van der Waals surface area (Å²) in [5.41, 5.74) is 1.02. The highest BCUT2D eigenvalue weighted by Gasteiger charge is 2.25. The van der Waals surface area contributed by atoms with Gasteiger partial charge in [-0.2, -0.15) is 5.10 Å². The van der Waals surface area contributed by atoms with Crippen molar-refractivity contribution >= 4 is 11.6 Å². The van der Waals surface area contributed by atoms with Gasteiger partial charge < -0.3 is 10.6 Å². The Balaban J connectivity index is 1.92. The summed E-state index contributed by atoms with van der Waals surface area (Å²) in [6.45, 7) is 2.53. The summed E-state index contributed by atoms with van der Waals surface area (Å²) in [4.78, 5) is 11.2. The number of anilines is 1. The van der Waals surface area contributed by atoms with Crippen LogP contribution in [0.4, 0.5) is 5.69 Å². The van der Waals surface area contributed by atoms with Gasteiger partial charge in [0, 0.05) is 19.3 Å². The summed E-state index contributed by atoms with van der Waals surface area (Å²) in [5, 5.41) is 10.3. The second-order valence-corrected chi connectivity index (χ2v) is 4.95. The third kappa shape index (κ3) is 3.03. The van der Waals surface area contributed by atoms with E-state index in [0.717, 1.165) is 11.6 Å². The number of hydrogen-bond acceptors (Lipinski definition) is 3. The molecule has 2 N–H and O–H groups in total. The Bertz CT molecular complexity index is 401. The van der Waals surface area contributed by atoms with Crippen molar-refractivity contribution in [3.05, 3.63) is 12.4 Å². The average Bonchev–Trinajstić information content (AvgIpc) is 2.99. The maximum absolute atomic E-state index is 11.2. The Kier molecular flexibility index (Phi) is 4.23. The van der Waals surface area contributed by atoms with Crippen LogP contribution in [0.1, 0.15) is 32.6 Å². The molecular formula is C13H22N4O. The van der Waals surface area contributed by atoms with Crippen molar-refractivity contribution in [1.82, 2.24) is 15.1 Å². The molecule has 0 aromatic carbocycles. The fraction of sp³-hybridized carbons (Fsp3) is 0.692. The van der Waals surface area contributed by atoms with Gasteiger partial charge in [0.15, 0.2) is 0 Å². The SMILES string of the molecule is CCC1CCCC1Nc1cnn(CC(=O)NC)c1. The van der Waals surface area contributed by atoms with Gasteiger partial charge in [-0.15, -0.1) is 0 Å². The van der Waals surface area contributed by atoms with Crippen LogP contribution < -0.4 is 10.6 Å². The van der Waals surface area contributed by atoms with Crippen LogP contribution in [0.5, 0.6) is 0 Å². The number of carbonyl (C=O) groups is 1. The molecule has 18 heavy (non-hydrogen) atoms. The van der Waals surface area contributed by atoms with Crippen LogP contribution >= 0.6 is 0 Å². The highest BCUT2D eigenvalue weighted by atomic mass is 16.1. The molecular weight excluding hydrogens is 228 g/mol. The number of hydrogen-bond donors (Lipinski definition) is 2. The van der Waals surface area contributed by atoms with E-state index < -0.39 is 0 Å². The standard InChI is InChI=1S/C13H22N4O/c1-3-10-5-4-6-12(10)16-11-7-15-17(8-11)9-13(18)14-2/h7-8,10,12,16H,3-6,9H2,1-2H3,(H,14,18). The zero-order valence-corrected chi connectivity index (χ0v) is 11.1. The van der Waals surface area contributed by atoms with Crippen LogP contribution in [0.3, 0.4) is 0 Å². The molecule has 0 bridgehead atoms. The number of nitrogens with zero attached hydrogens (tertiary/aromatic N) is 2. The highest BCUT2D eigenvalue weighted by Crippen LogP contribution is 2.30. The lowest BCUT2D eigenvalue weighted by Gasteiger charge is -2.19. The molecule has 1 heterocycles. The topological polar surface area (TPSA) is 59.0 Å². The van der Waals surface area contributed by atoms with Crippen molar-refractivity contribution in [3.63, 3.8) is 0 Å². The molecule has 1 aliphatic rings. The van der Waals surface area contributed by atoms with Crippen LogP contribution in [0.15, 0.2) is 12.4 Å². The number of amides is 1. The molecule has 2 unspecified atom stereocenters. The van der Waals surface area contributed by atoms with Crippen LogP contribution in [-0.4, -0.2) is 28.8 Å². The van der Waals surface area contributed by atoms with Gasteiger partial charge in [0.05, 0.1) is 11.9 Å². The number of rotatable bonds is 5. The lowest BCUT2D eigenvalue weighted by molar-refractivity contribution is -0.121. The summed E-state index contributed by atoms with van der Waals surface area (Å²) in [6, 6.07) is 0.563. The van der Waals surface area contributed by atoms with Crippen LogP contribution in [0, 0.1) is 5.92 Å². The Morgan fingerprint density at radius 1 is 1.56 bits per heavy atom. The molecule has 1 amide bonds. The second-order valence-electron chi connectivity index (χ2n) is 4.95. The van der Waals surface area contributed by atoms with Gasteiger partial charge in [0.1, 0.15) is 6.54 Å². The molecule has 0 spiro atoms. The molecule has 5 heteroatoms. The molecule has 1 fully saturated rings.